The summed E-state index contributed by atoms with van der Waals surface area (Å²) in [6.45, 7) is 4.92. The largest absolute Gasteiger partial charge is 0.467 e. The minimum Gasteiger partial charge on any atom is -0.467 e. The molecule has 1 atom stereocenters. The van der Waals surface area contributed by atoms with Gasteiger partial charge in [-0.2, -0.15) is 5.10 Å². The van der Waals surface area contributed by atoms with Gasteiger partial charge in [0.2, 0.25) is 0 Å². The maximum Gasteiger partial charge on any atom is 0.339 e. The highest BCUT2D eigenvalue weighted by atomic mass is 16.5. The molecule has 0 saturated carbocycles. The van der Waals surface area contributed by atoms with Crippen molar-refractivity contribution in [3.05, 3.63) is 11.6 Å². The summed E-state index contributed by atoms with van der Waals surface area (Å²) in [7, 11) is 1.23. The van der Waals surface area contributed by atoms with E-state index in [1.54, 1.807) is 13.8 Å². The number of aryl methyl sites for hydroxylation is 2. The first kappa shape index (κ1) is 11.6. The average Bonchev–Trinajstić information content (AvgIpc) is 2.43. The molecule has 1 heterocycles. The highest BCUT2D eigenvalue weighted by molar-refractivity contribution is 5.78. The van der Waals surface area contributed by atoms with Gasteiger partial charge < -0.3 is 9.84 Å². The summed E-state index contributed by atoms with van der Waals surface area (Å²) >= 11 is 0. The van der Waals surface area contributed by atoms with Crippen LogP contribution in [-0.4, -0.2) is 38.6 Å². The van der Waals surface area contributed by atoms with Gasteiger partial charge in [0.25, 0.3) is 0 Å². The van der Waals surface area contributed by atoms with Gasteiger partial charge in [-0.05, 0) is 20.8 Å². The number of carbonyl (C=O) groups is 1. The van der Waals surface area contributed by atoms with Crippen LogP contribution >= 0.6 is 0 Å². The van der Waals surface area contributed by atoms with Crippen LogP contribution in [0.5, 0.6) is 0 Å². The predicted molar refractivity (Wildman–Crippen MR) is 52.1 cm³/mol. The third kappa shape index (κ3) is 2.53. The fourth-order valence-electron chi connectivity index (χ4n) is 1.29. The number of ether oxygens (including phenoxy) is 1. The van der Waals surface area contributed by atoms with Crippen LogP contribution in [0, 0.1) is 13.8 Å². The molecule has 0 saturated heterocycles. The normalized spacial score (nSPS) is 14.7. The lowest BCUT2D eigenvalue weighted by Gasteiger charge is -2.20. The number of rotatable bonds is 3. The van der Waals surface area contributed by atoms with Crippen molar-refractivity contribution in [1.82, 2.24) is 14.8 Å². The first-order valence-electron chi connectivity index (χ1n) is 4.55. The van der Waals surface area contributed by atoms with Crippen LogP contribution in [-0.2, 0) is 16.1 Å². The Hall–Kier alpha value is -1.43. The number of nitrogens with zero attached hydrogens (tertiary/aromatic N) is 3. The summed E-state index contributed by atoms with van der Waals surface area (Å²) in [5, 5.41) is 13.9. The Balaban J connectivity index is 2.85. The number of carbonyl (C=O) groups excluding carboxylic acids is 1. The summed E-state index contributed by atoms with van der Waals surface area (Å²) in [6.07, 6.45) is 0. The van der Waals surface area contributed by atoms with E-state index >= 15 is 0 Å². The van der Waals surface area contributed by atoms with Gasteiger partial charge in [-0.25, -0.2) is 14.5 Å². The van der Waals surface area contributed by atoms with E-state index in [-0.39, 0.29) is 6.54 Å². The molecule has 1 aromatic rings. The number of methoxy groups -OCH3 is 1. The second kappa shape index (κ2) is 3.98. The molecule has 0 radical (unpaired) electrons. The third-order valence-corrected chi connectivity index (χ3v) is 2.05. The molecule has 0 bridgehead atoms. The van der Waals surface area contributed by atoms with E-state index in [0.717, 1.165) is 0 Å². The summed E-state index contributed by atoms with van der Waals surface area (Å²) < 4.78 is 5.96. The number of hydrogen-bond acceptors (Lipinski definition) is 5. The van der Waals surface area contributed by atoms with E-state index in [0.29, 0.717) is 11.6 Å². The fraction of sp³-hybridized carbons (Fsp3) is 0.667. The van der Waals surface area contributed by atoms with Crippen molar-refractivity contribution < 1.29 is 14.6 Å². The predicted octanol–water partition coefficient (Wildman–Crippen LogP) is -0.181. The lowest BCUT2D eigenvalue weighted by molar-refractivity contribution is -0.162. The van der Waals surface area contributed by atoms with Crippen molar-refractivity contribution in [1.29, 1.82) is 0 Å². The Morgan fingerprint density at radius 1 is 1.60 bits per heavy atom. The van der Waals surface area contributed by atoms with Crippen molar-refractivity contribution in [2.24, 2.45) is 0 Å². The fourth-order valence-corrected chi connectivity index (χ4v) is 1.29. The number of esters is 1. The summed E-state index contributed by atoms with van der Waals surface area (Å²) in [5.41, 5.74) is -1.58. The first-order chi connectivity index (χ1) is 6.86. The highest BCUT2D eigenvalue weighted by Gasteiger charge is 2.32. The quantitative estimate of drug-likeness (QED) is 0.705. The first-order valence-corrected chi connectivity index (χ1v) is 4.55. The Kier molecular flexibility index (Phi) is 3.09. The van der Waals surface area contributed by atoms with Gasteiger partial charge in [-0.15, -0.1) is 0 Å². The second-order valence-electron chi connectivity index (χ2n) is 3.63. The molecule has 1 unspecified atom stereocenters. The van der Waals surface area contributed by atoms with E-state index in [1.165, 1.54) is 18.7 Å². The molecule has 6 heteroatoms. The SMILES string of the molecule is COC(=O)C(C)(O)Cn1nc(C)nc1C. The van der Waals surface area contributed by atoms with E-state index in [2.05, 4.69) is 14.8 Å². The van der Waals surface area contributed by atoms with Crippen LogP contribution in [0.15, 0.2) is 0 Å². The minimum absolute atomic E-state index is 0.0341. The molecule has 84 valence electrons. The van der Waals surface area contributed by atoms with Gasteiger partial charge in [0.1, 0.15) is 11.6 Å². The second-order valence-corrected chi connectivity index (χ2v) is 3.63. The van der Waals surface area contributed by atoms with Gasteiger partial charge in [0.15, 0.2) is 5.60 Å². The zero-order valence-electron chi connectivity index (χ0n) is 9.31. The molecule has 0 aliphatic heterocycles. The van der Waals surface area contributed by atoms with Crippen LogP contribution in [0.1, 0.15) is 18.6 Å². The highest BCUT2D eigenvalue weighted by Crippen LogP contribution is 2.10. The smallest absolute Gasteiger partial charge is 0.339 e. The molecular formula is C9H15N3O3. The average molecular weight is 213 g/mol. The van der Waals surface area contributed by atoms with E-state index in [4.69, 9.17) is 0 Å². The maximum atomic E-state index is 11.2. The zero-order valence-corrected chi connectivity index (χ0v) is 9.31. The summed E-state index contributed by atoms with van der Waals surface area (Å²) in [6, 6.07) is 0. The third-order valence-electron chi connectivity index (χ3n) is 2.05. The number of aliphatic hydroxyl groups is 1. The van der Waals surface area contributed by atoms with Gasteiger partial charge in [0, 0.05) is 0 Å². The van der Waals surface area contributed by atoms with Gasteiger partial charge >= 0.3 is 5.97 Å². The molecule has 0 spiro atoms. The summed E-state index contributed by atoms with van der Waals surface area (Å²) in [5.74, 6) is 0.569. The zero-order chi connectivity index (χ0) is 11.6. The van der Waals surface area contributed by atoms with Crippen molar-refractivity contribution in [3.8, 4) is 0 Å². The maximum absolute atomic E-state index is 11.2. The Bertz CT molecular complexity index is 371. The lowest BCUT2D eigenvalue weighted by Crippen LogP contribution is -2.41. The molecule has 1 aromatic heterocycles. The lowest BCUT2D eigenvalue weighted by atomic mass is 10.1. The van der Waals surface area contributed by atoms with Crippen molar-refractivity contribution >= 4 is 5.97 Å². The molecule has 0 fully saturated rings. The Morgan fingerprint density at radius 3 is 2.60 bits per heavy atom. The molecule has 1 N–H and O–H groups in total. The van der Waals surface area contributed by atoms with Gasteiger partial charge in [-0.3, -0.25) is 0 Å². The standard InChI is InChI=1S/C9H15N3O3/c1-6-10-7(2)12(11-6)5-9(3,14)8(13)15-4/h14H,5H2,1-4H3. The van der Waals surface area contributed by atoms with Crippen molar-refractivity contribution in [2.75, 3.05) is 7.11 Å². The van der Waals surface area contributed by atoms with E-state index in [9.17, 15) is 9.90 Å². The molecule has 15 heavy (non-hydrogen) atoms. The Labute approximate surface area is 87.9 Å². The van der Waals surface area contributed by atoms with Crippen molar-refractivity contribution in [3.63, 3.8) is 0 Å². The molecule has 6 nitrogen and oxygen atoms in total. The number of aromatic nitrogens is 3. The summed E-state index contributed by atoms with van der Waals surface area (Å²) in [4.78, 5) is 15.3. The topological polar surface area (TPSA) is 77.2 Å². The van der Waals surface area contributed by atoms with Crippen LogP contribution in [0.2, 0.25) is 0 Å². The van der Waals surface area contributed by atoms with Crippen LogP contribution in [0.4, 0.5) is 0 Å². The van der Waals surface area contributed by atoms with Crippen LogP contribution < -0.4 is 0 Å². The molecule has 0 amide bonds. The number of hydrogen-bond donors (Lipinski definition) is 1. The minimum atomic E-state index is -1.58. The Morgan fingerprint density at radius 2 is 2.20 bits per heavy atom. The van der Waals surface area contributed by atoms with Gasteiger partial charge in [-0.1, -0.05) is 0 Å². The van der Waals surface area contributed by atoms with E-state index in [1.807, 2.05) is 0 Å². The molecule has 0 aliphatic rings. The molecular weight excluding hydrogens is 198 g/mol. The van der Waals surface area contributed by atoms with Crippen molar-refractivity contribution in [2.45, 2.75) is 32.9 Å². The van der Waals surface area contributed by atoms with E-state index < -0.39 is 11.6 Å². The van der Waals surface area contributed by atoms with Crippen LogP contribution in [0.25, 0.3) is 0 Å². The molecule has 1 rings (SSSR count). The monoisotopic (exact) mass is 213 g/mol. The molecule has 0 aliphatic carbocycles. The van der Waals surface area contributed by atoms with Gasteiger partial charge in [0.05, 0.1) is 13.7 Å². The van der Waals surface area contributed by atoms with Crippen LogP contribution in [0.3, 0.4) is 0 Å². The molecule has 0 aromatic carbocycles.